The van der Waals surface area contributed by atoms with Gasteiger partial charge in [0.2, 0.25) is 6.29 Å². The van der Waals surface area contributed by atoms with Gasteiger partial charge in [0.25, 0.3) is 11.8 Å². The standard InChI is InChI=1S/C39H46N4O12/c1-7-21-17(3)27(42-37(21)51)13-25-19(5)23(9-11-32(45)46)29(40-25)15-30-24(20(6)26(41-30)14-28-18(4)22(8-2)38(52)43-28)10-12-33(47)54-55-39-36(50)35(49)34(48)31(16-44)53-39/h7-8,13-14,31,34-36,39-41,44,48-50H,1-2,9-12,15-16H2,3-6H3,(H,42,51)(H,43,52)(H,45,46)/b27-13-,28-14-/t31-,34-,35+,36-,39+/m1/s1. The molecule has 5 heterocycles. The molecule has 2 aromatic rings. The Bertz CT molecular complexity index is 2050. The molecule has 5 atom stereocenters. The maximum atomic E-state index is 12.9. The van der Waals surface area contributed by atoms with Crippen molar-refractivity contribution in [3.05, 3.63) is 104 Å². The zero-order valence-electron chi connectivity index (χ0n) is 30.9. The lowest BCUT2D eigenvalue weighted by atomic mass is 9.98. The number of carboxylic acid groups (broad SMARTS) is 1. The van der Waals surface area contributed by atoms with E-state index in [0.717, 1.165) is 22.3 Å². The Morgan fingerprint density at radius 2 is 1.27 bits per heavy atom. The van der Waals surface area contributed by atoms with Crippen LogP contribution < -0.4 is 10.6 Å². The van der Waals surface area contributed by atoms with Gasteiger partial charge in [-0.05, 0) is 86.1 Å². The van der Waals surface area contributed by atoms with Crippen LogP contribution in [0.1, 0.15) is 71.7 Å². The quantitative estimate of drug-likeness (QED) is 0.0930. The van der Waals surface area contributed by atoms with E-state index in [4.69, 9.17) is 14.5 Å². The largest absolute Gasteiger partial charge is 0.481 e. The van der Waals surface area contributed by atoms with Crippen LogP contribution in [0.3, 0.4) is 0 Å². The summed E-state index contributed by atoms with van der Waals surface area (Å²) in [6.45, 7) is 14.1. The summed E-state index contributed by atoms with van der Waals surface area (Å²) >= 11 is 0. The fraction of sp³-hybridized carbons (Fsp3) is 0.385. The van der Waals surface area contributed by atoms with Gasteiger partial charge in [-0.25, -0.2) is 4.79 Å². The Labute approximate surface area is 316 Å². The third kappa shape index (κ3) is 8.49. The van der Waals surface area contributed by atoms with E-state index in [2.05, 4.69) is 33.8 Å². The van der Waals surface area contributed by atoms with Gasteiger partial charge in [0.15, 0.2) is 0 Å². The van der Waals surface area contributed by atoms with Crippen molar-refractivity contribution >= 4 is 35.9 Å². The van der Waals surface area contributed by atoms with Gasteiger partial charge < -0.3 is 50.9 Å². The minimum Gasteiger partial charge on any atom is -0.481 e. The highest BCUT2D eigenvalue weighted by Gasteiger charge is 2.45. The van der Waals surface area contributed by atoms with Crippen molar-refractivity contribution in [3.63, 3.8) is 0 Å². The molecule has 1 fully saturated rings. The summed E-state index contributed by atoms with van der Waals surface area (Å²) in [4.78, 5) is 66.4. The van der Waals surface area contributed by atoms with Crippen molar-refractivity contribution in [2.24, 2.45) is 0 Å². The normalized spacial score (nSPS) is 24.2. The van der Waals surface area contributed by atoms with E-state index >= 15 is 0 Å². The number of aliphatic carboxylic acids is 1. The SMILES string of the molecule is C=CC1=C(C)/C(=C/c2[nH]c(Cc3[nH]c(/C=C4\NC(=O)C(C=C)=C4C)c(C)c3CCC(=O)OO[C@@H]3O[C@H](CO)[C@@H](O)[C@H](O)[C@H]3O)c(CCC(=O)O)c2C)NC1=O. The summed E-state index contributed by atoms with van der Waals surface area (Å²) in [6, 6.07) is 0. The molecule has 9 N–H and O–H groups in total. The maximum Gasteiger partial charge on any atom is 0.342 e. The van der Waals surface area contributed by atoms with Crippen LogP contribution in [0.25, 0.3) is 12.2 Å². The molecule has 0 radical (unpaired) electrons. The highest BCUT2D eigenvalue weighted by atomic mass is 17.2. The lowest BCUT2D eigenvalue weighted by Gasteiger charge is -2.38. The molecule has 0 aromatic carbocycles. The molecular formula is C39H46N4O12. The molecule has 5 rings (SSSR count). The van der Waals surface area contributed by atoms with Crippen molar-refractivity contribution < 1.29 is 59.2 Å². The lowest BCUT2D eigenvalue weighted by Crippen LogP contribution is -2.59. The molecule has 0 bridgehead atoms. The molecule has 294 valence electrons. The molecule has 16 heteroatoms. The molecule has 3 aliphatic rings. The fourth-order valence-corrected chi connectivity index (χ4v) is 6.90. The molecule has 0 saturated carbocycles. The first-order valence-electron chi connectivity index (χ1n) is 17.6. The predicted molar refractivity (Wildman–Crippen MR) is 197 cm³/mol. The molecule has 1 saturated heterocycles. The van der Waals surface area contributed by atoms with E-state index < -0.39 is 49.3 Å². The van der Waals surface area contributed by atoms with Crippen LogP contribution in [-0.4, -0.2) is 96.6 Å². The van der Waals surface area contributed by atoms with Crippen molar-refractivity contribution in [2.45, 2.75) is 90.5 Å². The number of aliphatic hydroxyl groups excluding tert-OH is 4. The van der Waals surface area contributed by atoms with E-state index in [1.54, 1.807) is 26.0 Å². The fourth-order valence-electron chi connectivity index (χ4n) is 6.90. The Hall–Kier alpha value is -5.36. The third-order valence-corrected chi connectivity index (χ3v) is 10.2. The molecule has 0 unspecified atom stereocenters. The van der Waals surface area contributed by atoms with Gasteiger partial charge >= 0.3 is 11.9 Å². The number of hydrogen-bond acceptors (Lipinski definition) is 11. The number of ether oxygens (including phenoxy) is 1. The zero-order valence-corrected chi connectivity index (χ0v) is 30.9. The number of aromatic amines is 2. The number of hydrogen-bond donors (Lipinski definition) is 9. The molecule has 16 nitrogen and oxygen atoms in total. The number of rotatable bonds is 15. The number of allylic oxidation sites excluding steroid dienone is 2. The van der Waals surface area contributed by atoms with Crippen LogP contribution in [0, 0.1) is 13.8 Å². The summed E-state index contributed by atoms with van der Waals surface area (Å²) in [5, 5.41) is 55.0. The smallest absolute Gasteiger partial charge is 0.342 e. The number of aromatic nitrogens is 2. The third-order valence-electron chi connectivity index (χ3n) is 10.2. The van der Waals surface area contributed by atoms with Gasteiger partial charge in [0.1, 0.15) is 24.4 Å². The first-order valence-corrected chi connectivity index (χ1v) is 17.6. The number of carbonyl (C=O) groups excluding carboxylic acids is 3. The summed E-state index contributed by atoms with van der Waals surface area (Å²) in [5.41, 5.74) is 9.18. The van der Waals surface area contributed by atoms with Crippen molar-refractivity contribution in [2.75, 3.05) is 6.61 Å². The second kappa shape index (κ2) is 17.0. The van der Waals surface area contributed by atoms with Gasteiger partial charge in [-0.15, -0.1) is 4.89 Å². The van der Waals surface area contributed by atoms with E-state index in [1.807, 2.05) is 13.8 Å². The first kappa shape index (κ1) is 40.8. The van der Waals surface area contributed by atoms with Crippen LogP contribution in [-0.2, 0) is 53.0 Å². The van der Waals surface area contributed by atoms with Gasteiger partial charge in [0, 0.05) is 58.2 Å². The average Bonchev–Trinajstić information content (AvgIpc) is 3.79. The van der Waals surface area contributed by atoms with Gasteiger partial charge in [-0.3, -0.25) is 19.3 Å². The average molecular weight is 763 g/mol. The number of carboxylic acids is 1. The molecule has 2 aromatic heterocycles. The molecular weight excluding hydrogens is 716 g/mol. The number of nitrogens with one attached hydrogen (secondary N) is 4. The van der Waals surface area contributed by atoms with Crippen LogP contribution in [0.2, 0.25) is 0 Å². The predicted octanol–water partition coefficient (Wildman–Crippen LogP) is 1.72. The topological polar surface area (TPSA) is 253 Å². The second-order valence-corrected chi connectivity index (χ2v) is 13.6. The van der Waals surface area contributed by atoms with Crippen molar-refractivity contribution in [1.82, 2.24) is 20.6 Å². The molecule has 2 amide bonds. The Morgan fingerprint density at radius 1 is 0.782 bits per heavy atom. The summed E-state index contributed by atoms with van der Waals surface area (Å²) in [5.74, 6) is -2.39. The minimum absolute atomic E-state index is 0.123. The Morgan fingerprint density at radius 3 is 1.71 bits per heavy atom. The Balaban J connectivity index is 1.47. The Kier molecular flexibility index (Phi) is 12.6. The highest BCUT2D eigenvalue weighted by Crippen LogP contribution is 2.32. The lowest BCUT2D eigenvalue weighted by molar-refractivity contribution is -0.405. The summed E-state index contributed by atoms with van der Waals surface area (Å²) in [7, 11) is 0. The number of H-pyrrole nitrogens is 2. The number of carbonyl (C=O) groups is 4. The van der Waals surface area contributed by atoms with E-state index in [-0.39, 0.29) is 43.9 Å². The summed E-state index contributed by atoms with van der Waals surface area (Å²) in [6.07, 6.45) is -1.30. The van der Waals surface area contributed by atoms with E-state index in [1.165, 1.54) is 12.2 Å². The van der Waals surface area contributed by atoms with Crippen LogP contribution in [0.4, 0.5) is 0 Å². The number of amides is 2. The molecule has 55 heavy (non-hydrogen) atoms. The van der Waals surface area contributed by atoms with Crippen molar-refractivity contribution in [3.8, 4) is 0 Å². The second-order valence-electron chi connectivity index (χ2n) is 13.6. The van der Waals surface area contributed by atoms with Gasteiger partial charge in [-0.1, -0.05) is 25.3 Å². The van der Waals surface area contributed by atoms with E-state index in [9.17, 15) is 44.7 Å². The maximum absolute atomic E-state index is 12.9. The molecule has 3 aliphatic heterocycles. The van der Waals surface area contributed by atoms with Crippen molar-refractivity contribution in [1.29, 1.82) is 0 Å². The van der Waals surface area contributed by atoms with Crippen LogP contribution in [0.5, 0.6) is 0 Å². The van der Waals surface area contributed by atoms with Crippen LogP contribution in [0.15, 0.2) is 59.0 Å². The van der Waals surface area contributed by atoms with E-state index in [0.29, 0.717) is 56.5 Å². The zero-order chi connectivity index (χ0) is 40.3. The molecule has 0 aliphatic carbocycles. The molecule has 0 spiro atoms. The number of aliphatic hydroxyl groups is 4. The van der Waals surface area contributed by atoms with Gasteiger partial charge in [-0.2, -0.15) is 0 Å². The minimum atomic E-state index is -1.77. The van der Waals surface area contributed by atoms with Crippen LogP contribution >= 0.6 is 0 Å². The monoisotopic (exact) mass is 762 g/mol. The van der Waals surface area contributed by atoms with Gasteiger partial charge in [0.05, 0.1) is 13.0 Å². The summed E-state index contributed by atoms with van der Waals surface area (Å²) < 4.78 is 5.24. The highest BCUT2D eigenvalue weighted by molar-refractivity contribution is 6.04. The first-order chi connectivity index (χ1) is 26.1.